The van der Waals surface area contributed by atoms with E-state index in [0.717, 1.165) is 12.1 Å². The van der Waals surface area contributed by atoms with Crippen molar-refractivity contribution in [3.63, 3.8) is 0 Å². The van der Waals surface area contributed by atoms with Crippen LogP contribution in [0.5, 0.6) is 0 Å². The summed E-state index contributed by atoms with van der Waals surface area (Å²) in [4.78, 5) is 11.5. The van der Waals surface area contributed by atoms with Gasteiger partial charge in [-0.05, 0) is 18.2 Å². The molecule has 0 fully saturated rings. The summed E-state index contributed by atoms with van der Waals surface area (Å²) in [6.45, 7) is 1.76. The maximum absolute atomic E-state index is 12.8. The first kappa shape index (κ1) is 13.1. The molecule has 0 heterocycles. The van der Waals surface area contributed by atoms with Gasteiger partial charge in [-0.2, -0.15) is 0 Å². The number of hydrogen-bond acceptors (Lipinski definition) is 3. The summed E-state index contributed by atoms with van der Waals surface area (Å²) >= 11 is 1.27. The van der Waals surface area contributed by atoms with Crippen molar-refractivity contribution >= 4 is 17.5 Å². The van der Waals surface area contributed by atoms with E-state index in [-0.39, 0.29) is 29.0 Å². The molecule has 0 aliphatic heterocycles. The van der Waals surface area contributed by atoms with Crippen molar-refractivity contribution in [3.8, 4) is 0 Å². The van der Waals surface area contributed by atoms with Crippen molar-refractivity contribution in [2.75, 3.05) is 12.4 Å². The van der Waals surface area contributed by atoms with E-state index in [2.05, 4.69) is 0 Å². The molecular formula is C11H12F2O2S. The molecule has 0 aliphatic carbocycles. The van der Waals surface area contributed by atoms with Crippen LogP contribution in [0.25, 0.3) is 0 Å². The summed E-state index contributed by atoms with van der Waals surface area (Å²) in [7, 11) is 0. The Bertz CT molecular complexity index is 382. The molecule has 1 aromatic rings. The Hall–Kier alpha value is -0.940. The lowest BCUT2D eigenvalue weighted by atomic mass is 10.1. The van der Waals surface area contributed by atoms with Crippen molar-refractivity contribution < 1.29 is 18.7 Å². The summed E-state index contributed by atoms with van der Waals surface area (Å²) in [6.07, 6.45) is 0. The van der Waals surface area contributed by atoms with Crippen LogP contribution >= 0.6 is 11.8 Å². The van der Waals surface area contributed by atoms with Gasteiger partial charge in [-0.15, -0.1) is 11.8 Å². The molecule has 1 rings (SSSR count). The molecular weight excluding hydrogens is 234 g/mol. The molecule has 0 radical (unpaired) electrons. The van der Waals surface area contributed by atoms with Gasteiger partial charge in [0.25, 0.3) is 0 Å². The molecule has 0 aromatic heterocycles. The fourth-order valence-electron chi connectivity index (χ4n) is 1.02. The van der Waals surface area contributed by atoms with Crippen LogP contribution in [0.1, 0.15) is 17.3 Å². The topological polar surface area (TPSA) is 37.3 Å². The van der Waals surface area contributed by atoms with Crippen LogP contribution in [0.2, 0.25) is 0 Å². The highest BCUT2D eigenvalue weighted by molar-refractivity contribution is 8.00. The smallest absolute Gasteiger partial charge is 0.172 e. The van der Waals surface area contributed by atoms with Gasteiger partial charge in [0.2, 0.25) is 0 Å². The highest BCUT2D eigenvalue weighted by Crippen LogP contribution is 2.14. The van der Waals surface area contributed by atoms with E-state index in [1.807, 2.05) is 0 Å². The van der Waals surface area contributed by atoms with E-state index in [1.54, 1.807) is 6.92 Å². The average Bonchev–Trinajstić information content (AvgIpc) is 2.29. The first-order valence-electron chi connectivity index (χ1n) is 4.75. The second-order valence-electron chi connectivity index (χ2n) is 3.36. The van der Waals surface area contributed by atoms with Gasteiger partial charge in [-0.25, -0.2) is 8.78 Å². The minimum absolute atomic E-state index is 0.0181. The second kappa shape index (κ2) is 5.96. The third-order valence-corrected chi connectivity index (χ3v) is 3.14. The summed E-state index contributed by atoms with van der Waals surface area (Å²) in [5, 5.41) is 8.71. The predicted octanol–water partition coefficient (Wildman–Crippen LogP) is 2.26. The van der Waals surface area contributed by atoms with E-state index in [9.17, 15) is 13.6 Å². The zero-order chi connectivity index (χ0) is 12.1. The van der Waals surface area contributed by atoms with Gasteiger partial charge in [0.1, 0.15) is 0 Å². The third-order valence-electron chi connectivity index (χ3n) is 2.00. The summed E-state index contributed by atoms with van der Waals surface area (Å²) in [5.74, 6) is -2.12. The Morgan fingerprint density at radius 1 is 1.44 bits per heavy atom. The first-order valence-corrected chi connectivity index (χ1v) is 5.80. The standard InChI is InChI=1S/C11H12F2O2S/c1-7(5-14)16-6-11(15)8-2-3-9(12)10(13)4-8/h2-4,7,14H,5-6H2,1H3. The molecule has 1 atom stereocenters. The largest absolute Gasteiger partial charge is 0.395 e. The number of ketones is 1. The molecule has 1 aromatic carbocycles. The molecule has 0 bridgehead atoms. The predicted molar refractivity (Wildman–Crippen MR) is 59.7 cm³/mol. The molecule has 88 valence electrons. The Kier molecular flexibility index (Phi) is 4.89. The van der Waals surface area contributed by atoms with Crippen molar-refractivity contribution in [1.29, 1.82) is 0 Å². The van der Waals surface area contributed by atoms with Crippen LogP contribution in [0, 0.1) is 11.6 Å². The van der Waals surface area contributed by atoms with Crippen molar-refractivity contribution in [3.05, 3.63) is 35.4 Å². The van der Waals surface area contributed by atoms with E-state index in [4.69, 9.17) is 5.11 Å². The van der Waals surface area contributed by atoms with Crippen LogP contribution < -0.4 is 0 Å². The number of carbonyl (C=O) groups excluding carboxylic acids is 1. The van der Waals surface area contributed by atoms with E-state index in [0.29, 0.717) is 0 Å². The maximum atomic E-state index is 12.8. The zero-order valence-corrected chi connectivity index (χ0v) is 9.56. The van der Waals surface area contributed by atoms with E-state index < -0.39 is 11.6 Å². The highest BCUT2D eigenvalue weighted by Gasteiger charge is 2.11. The minimum Gasteiger partial charge on any atom is -0.395 e. The lowest BCUT2D eigenvalue weighted by Gasteiger charge is -2.06. The quantitative estimate of drug-likeness (QED) is 0.810. The Morgan fingerprint density at radius 2 is 2.12 bits per heavy atom. The molecule has 0 amide bonds. The van der Waals surface area contributed by atoms with Crippen molar-refractivity contribution in [2.45, 2.75) is 12.2 Å². The number of rotatable bonds is 5. The molecule has 0 saturated heterocycles. The number of carbonyl (C=O) groups is 1. The summed E-state index contributed by atoms with van der Waals surface area (Å²) in [6, 6.07) is 3.08. The molecule has 1 unspecified atom stereocenters. The Morgan fingerprint density at radius 3 is 2.69 bits per heavy atom. The van der Waals surface area contributed by atoms with Crippen LogP contribution in [0.15, 0.2) is 18.2 Å². The van der Waals surface area contributed by atoms with Crippen LogP contribution in [0.3, 0.4) is 0 Å². The average molecular weight is 246 g/mol. The third kappa shape index (κ3) is 3.57. The van der Waals surface area contributed by atoms with Gasteiger partial charge < -0.3 is 5.11 Å². The Balaban J connectivity index is 2.63. The number of Topliss-reactive ketones (excluding diaryl/α,β-unsaturated/α-hetero) is 1. The van der Waals surface area contributed by atoms with Gasteiger partial charge in [0.05, 0.1) is 12.4 Å². The fraction of sp³-hybridized carbons (Fsp3) is 0.364. The van der Waals surface area contributed by atoms with Gasteiger partial charge >= 0.3 is 0 Å². The minimum atomic E-state index is -1.02. The number of aliphatic hydroxyl groups is 1. The number of hydrogen-bond donors (Lipinski definition) is 1. The molecule has 0 saturated carbocycles. The molecule has 5 heteroatoms. The van der Waals surface area contributed by atoms with Crippen LogP contribution in [0.4, 0.5) is 8.78 Å². The SMILES string of the molecule is CC(CO)SCC(=O)c1ccc(F)c(F)c1. The monoisotopic (exact) mass is 246 g/mol. The first-order chi connectivity index (χ1) is 7.54. The molecule has 2 nitrogen and oxygen atoms in total. The molecule has 16 heavy (non-hydrogen) atoms. The van der Waals surface area contributed by atoms with Crippen LogP contribution in [-0.2, 0) is 0 Å². The fourth-order valence-corrected chi connectivity index (χ4v) is 1.73. The number of aliphatic hydroxyl groups excluding tert-OH is 1. The van der Waals surface area contributed by atoms with E-state index in [1.165, 1.54) is 17.8 Å². The van der Waals surface area contributed by atoms with E-state index >= 15 is 0 Å². The number of benzene rings is 1. The highest BCUT2D eigenvalue weighted by atomic mass is 32.2. The molecule has 0 spiro atoms. The normalized spacial score (nSPS) is 12.5. The van der Waals surface area contributed by atoms with Gasteiger partial charge in [-0.1, -0.05) is 6.92 Å². The van der Waals surface area contributed by atoms with Gasteiger partial charge in [-0.3, -0.25) is 4.79 Å². The molecule has 1 N–H and O–H groups in total. The summed E-state index contributed by atoms with van der Waals surface area (Å²) < 4.78 is 25.4. The zero-order valence-electron chi connectivity index (χ0n) is 8.74. The molecule has 0 aliphatic rings. The number of thioether (sulfide) groups is 1. The second-order valence-corrected chi connectivity index (χ2v) is 4.78. The van der Waals surface area contributed by atoms with Gasteiger partial charge in [0.15, 0.2) is 17.4 Å². The van der Waals surface area contributed by atoms with Crippen molar-refractivity contribution in [2.24, 2.45) is 0 Å². The van der Waals surface area contributed by atoms with Crippen LogP contribution in [-0.4, -0.2) is 28.5 Å². The lowest BCUT2D eigenvalue weighted by molar-refractivity contribution is 0.102. The lowest BCUT2D eigenvalue weighted by Crippen LogP contribution is -2.09. The maximum Gasteiger partial charge on any atom is 0.172 e. The van der Waals surface area contributed by atoms with Crippen molar-refractivity contribution in [1.82, 2.24) is 0 Å². The Labute approximate surface area is 96.7 Å². The number of halogens is 2. The van der Waals surface area contributed by atoms with Gasteiger partial charge in [0, 0.05) is 10.8 Å². The summed E-state index contributed by atoms with van der Waals surface area (Å²) in [5.41, 5.74) is 0.150.